The standard InChI is InChI=1S/C23H20N4O4/c1-15-20(21(26-31-15)17-5-3-2-4-6-17)23-25-24-22(30-23)18-9-7-16(8-10-18)19-13-27(14-28)11-12-29-19/h2-10,14,19H,11-13H2,1H3. The van der Waals surface area contributed by atoms with E-state index in [1.54, 1.807) is 4.90 Å². The normalized spacial score (nSPS) is 16.4. The maximum atomic E-state index is 11.0. The van der Waals surface area contributed by atoms with E-state index < -0.39 is 0 Å². The van der Waals surface area contributed by atoms with Gasteiger partial charge >= 0.3 is 0 Å². The van der Waals surface area contributed by atoms with E-state index >= 15 is 0 Å². The fourth-order valence-electron chi connectivity index (χ4n) is 3.66. The smallest absolute Gasteiger partial charge is 0.254 e. The molecule has 8 heteroatoms. The summed E-state index contributed by atoms with van der Waals surface area (Å²) in [4.78, 5) is 12.8. The number of rotatable bonds is 5. The number of nitrogens with zero attached hydrogens (tertiary/aromatic N) is 4. The molecule has 1 aliphatic rings. The molecule has 0 saturated carbocycles. The van der Waals surface area contributed by atoms with Gasteiger partial charge in [-0.15, -0.1) is 10.2 Å². The zero-order chi connectivity index (χ0) is 21.2. The van der Waals surface area contributed by atoms with E-state index in [0.29, 0.717) is 48.5 Å². The monoisotopic (exact) mass is 416 g/mol. The summed E-state index contributed by atoms with van der Waals surface area (Å²) in [7, 11) is 0. The number of ether oxygens (including phenoxy) is 1. The van der Waals surface area contributed by atoms with Crippen LogP contribution in [0.5, 0.6) is 0 Å². The second-order valence-electron chi connectivity index (χ2n) is 7.32. The van der Waals surface area contributed by atoms with Crippen LogP contribution >= 0.6 is 0 Å². The van der Waals surface area contributed by atoms with Gasteiger partial charge in [-0.25, -0.2) is 0 Å². The van der Waals surface area contributed by atoms with Crippen molar-refractivity contribution in [2.45, 2.75) is 13.0 Å². The fraction of sp³-hybridized carbons (Fsp3) is 0.217. The van der Waals surface area contributed by atoms with Gasteiger partial charge < -0.3 is 18.6 Å². The van der Waals surface area contributed by atoms with Crippen molar-refractivity contribution in [3.05, 3.63) is 65.9 Å². The zero-order valence-corrected chi connectivity index (χ0v) is 16.9. The van der Waals surface area contributed by atoms with Crippen LogP contribution in [0.1, 0.15) is 17.4 Å². The van der Waals surface area contributed by atoms with Gasteiger partial charge in [0, 0.05) is 17.7 Å². The second-order valence-corrected chi connectivity index (χ2v) is 7.32. The summed E-state index contributed by atoms with van der Waals surface area (Å²) in [5, 5.41) is 12.6. The molecular formula is C23H20N4O4. The minimum atomic E-state index is -0.140. The number of hydrogen-bond acceptors (Lipinski definition) is 7. The maximum Gasteiger partial charge on any atom is 0.254 e. The highest BCUT2D eigenvalue weighted by atomic mass is 16.5. The van der Waals surface area contributed by atoms with Gasteiger partial charge in [0.2, 0.25) is 12.3 Å². The van der Waals surface area contributed by atoms with Crippen molar-refractivity contribution in [2.75, 3.05) is 19.7 Å². The lowest BCUT2D eigenvalue weighted by atomic mass is 10.1. The van der Waals surface area contributed by atoms with Gasteiger partial charge in [0.1, 0.15) is 23.1 Å². The van der Waals surface area contributed by atoms with Crippen molar-refractivity contribution < 1.29 is 18.5 Å². The Morgan fingerprint density at radius 2 is 1.77 bits per heavy atom. The quantitative estimate of drug-likeness (QED) is 0.456. The van der Waals surface area contributed by atoms with E-state index in [1.165, 1.54) is 0 Å². The van der Waals surface area contributed by atoms with E-state index in [-0.39, 0.29) is 6.10 Å². The lowest BCUT2D eigenvalue weighted by Gasteiger charge is -2.30. The fourth-order valence-corrected chi connectivity index (χ4v) is 3.66. The van der Waals surface area contributed by atoms with E-state index in [9.17, 15) is 4.79 Å². The molecule has 31 heavy (non-hydrogen) atoms. The SMILES string of the molecule is Cc1onc(-c2ccccc2)c1-c1nnc(-c2ccc(C3CN(C=O)CCO3)cc2)o1. The number of carbonyl (C=O) groups excluding carboxylic acids is 1. The molecule has 1 unspecified atom stereocenters. The van der Waals surface area contributed by atoms with Crippen LogP contribution < -0.4 is 0 Å². The third kappa shape index (κ3) is 3.73. The van der Waals surface area contributed by atoms with Crippen LogP contribution in [0.3, 0.4) is 0 Å². The number of morpholine rings is 1. The number of aromatic nitrogens is 3. The molecule has 156 valence electrons. The highest BCUT2D eigenvalue weighted by molar-refractivity contribution is 5.78. The van der Waals surface area contributed by atoms with E-state index in [1.807, 2.05) is 61.5 Å². The van der Waals surface area contributed by atoms with Crippen LogP contribution in [0.15, 0.2) is 63.5 Å². The first-order valence-electron chi connectivity index (χ1n) is 10.00. The molecule has 0 spiro atoms. The lowest BCUT2D eigenvalue weighted by molar-refractivity contribution is -0.125. The van der Waals surface area contributed by atoms with Crippen LogP contribution in [0, 0.1) is 6.92 Å². The molecule has 1 saturated heterocycles. The van der Waals surface area contributed by atoms with Gasteiger partial charge in [-0.3, -0.25) is 4.79 Å². The second kappa shape index (κ2) is 8.16. The molecule has 3 heterocycles. The Balaban J connectivity index is 1.41. The molecule has 0 aliphatic carbocycles. The van der Waals surface area contributed by atoms with Crippen LogP contribution in [-0.4, -0.2) is 46.4 Å². The maximum absolute atomic E-state index is 11.0. The largest absolute Gasteiger partial charge is 0.416 e. The third-order valence-corrected chi connectivity index (χ3v) is 5.33. The Kier molecular flexibility index (Phi) is 5.05. The number of benzene rings is 2. The molecule has 2 aromatic carbocycles. The van der Waals surface area contributed by atoms with Crippen molar-refractivity contribution in [3.63, 3.8) is 0 Å². The first kappa shape index (κ1) is 19.2. The molecule has 1 fully saturated rings. The van der Waals surface area contributed by atoms with Crippen molar-refractivity contribution in [3.8, 4) is 34.2 Å². The highest BCUT2D eigenvalue weighted by Crippen LogP contribution is 2.35. The van der Waals surface area contributed by atoms with Gasteiger partial charge in [-0.2, -0.15) is 0 Å². The Morgan fingerprint density at radius 3 is 2.55 bits per heavy atom. The van der Waals surface area contributed by atoms with E-state index in [4.69, 9.17) is 13.7 Å². The summed E-state index contributed by atoms with van der Waals surface area (Å²) in [5.41, 5.74) is 4.05. The van der Waals surface area contributed by atoms with E-state index in [2.05, 4.69) is 15.4 Å². The molecule has 2 aromatic heterocycles. The van der Waals surface area contributed by atoms with E-state index in [0.717, 1.165) is 23.1 Å². The lowest BCUT2D eigenvalue weighted by Crippen LogP contribution is -2.37. The van der Waals surface area contributed by atoms with Crippen LogP contribution in [0.25, 0.3) is 34.2 Å². The van der Waals surface area contributed by atoms with Gasteiger partial charge in [-0.05, 0) is 24.6 Å². The molecule has 1 aliphatic heterocycles. The number of carbonyl (C=O) groups is 1. The van der Waals surface area contributed by atoms with Crippen LogP contribution in [0.2, 0.25) is 0 Å². The molecule has 5 rings (SSSR count). The minimum absolute atomic E-state index is 0.140. The number of aryl methyl sites for hydroxylation is 1. The van der Waals surface area contributed by atoms with Crippen LogP contribution in [-0.2, 0) is 9.53 Å². The van der Waals surface area contributed by atoms with Crippen LogP contribution in [0.4, 0.5) is 0 Å². The van der Waals surface area contributed by atoms with Gasteiger partial charge in [-0.1, -0.05) is 47.6 Å². The Morgan fingerprint density at radius 1 is 1.00 bits per heavy atom. The third-order valence-electron chi connectivity index (χ3n) is 5.33. The van der Waals surface area contributed by atoms with Gasteiger partial charge in [0.15, 0.2) is 0 Å². The molecule has 1 amide bonds. The Hall–Kier alpha value is -3.78. The Labute approximate surface area is 178 Å². The molecule has 0 N–H and O–H groups in total. The summed E-state index contributed by atoms with van der Waals surface area (Å²) in [6, 6.07) is 17.5. The molecule has 4 aromatic rings. The number of amides is 1. The van der Waals surface area contributed by atoms with Crippen molar-refractivity contribution in [1.29, 1.82) is 0 Å². The first-order chi connectivity index (χ1) is 15.2. The topological polar surface area (TPSA) is 94.5 Å². The molecule has 1 atom stereocenters. The summed E-state index contributed by atoms with van der Waals surface area (Å²) in [6.45, 7) is 3.51. The summed E-state index contributed by atoms with van der Waals surface area (Å²) >= 11 is 0. The van der Waals surface area contributed by atoms with Crippen molar-refractivity contribution in [2.24, 2.45) is 0 Å². The predicted octanol–water partition coefficient (Wildman–Crippen LogP) is 3.90. The average Bonchev–Trinajstić information content (AvgIpc) is 3.46. The zero-order valence-electron chi connectivity index (χ0n) is 16.9. The molecular weight excluding hydrogens is 396 g/mol. The van der Waals surface area contributed by atoms with Gasteiger partial charge in [0.25, 0.3) is 5.89 Å². The highest BCUT2D eigenvalue weighted by Gasteiger charge is 2.23. The van der Waals surface area contributed by atoms with Crippen molar-refractivity contribution >= 4 is 6.41 Å². The van der Waals surface area contributed by atoms with Crippen molar-refractivity contribution in [1.82, 2.24) is 20.3 Å². The average molecular weight is 416 g/mol. The minimum Gasteiger partial charge on any atom is -0.416 e. The van der Waals surface area contributed by atoms with Gasteiger partial charge in [0.05, 0.1) is 13.2 Å². The molecule has 0 bridgehead atoms. The predicted molar refractivity (Wildman–Crippen MR) is 112 cm³/mol. The summed E-state index contributed by atoms with van der Waals surface area (Å²) < 4.78 is 17.2. The number of hydrogen-bond donors (Lipinski definition) is 0. The first-order valence-corrected chi connectivity index (χ1v) is 10.00. The molecule has 0 radical (unpaired) electrons. The summed E-state index contributed by atoms with van der Waals surface area (Å²) in [5.74, 6) is 1.37. The Bertz CT molecular complexity index is 1180. The molecule has 8 nitrogen and oxygen atoms in total. The summed E-state index contributed by atoms with van der Waals surface area (Å²) in [6.07, 6.45) is 0.722.